The molecule has 0 heterocycles. The molecule has 0 fully saturated rings. The lowest BCUT2D eigenvalue weighted by atomic mass is 10.0. The smallest absolute Gasteiger partial charge is 0.223 e. The van der Waals surface area contributed by atoms with Crippen molar-refractivity contribution in [2.75, 3.05) is 20.6 Å². The molecule has 0 aromatic heterocycles. The summed E-state index contributed by atoms with van der Waals surface area (Å²) < 4.78 is 0. The fraction of sp³-hybridized carbons (Fsp3) is 0.467. The van der Waals surface area contributed by atoms with Crippen LogP contribution in [0.25, 0.3) is 0 Å². The fourth-order valence-electron chi connectivity index (χ4n) is 2.09. The third-order valence-electron chi connectivity index (χ3n) is 3.19. The minimum Gasteiger partial charge on any atom is -0.359 e. The molecule has 0 aliphatic rings. The van der Waals surface area contributed by atoms with Gasteiger partial charge in [0, 0.05) is 26.1 Å². The largest absolute Gasteiger partial charge is 0.359 e. The molecule has 102 valence electrons. The van der Waals surface area contributed by atoms with Gasteiger partial charge in [0.25, 0.3) is 0 Å². The number of nitrogens with zero attached hydrogens (tertiary/aromatic N) is 2. The Balaban J connectivity index is 2.65. The summed E-state index contributed by atoms with van der Waals surface area (Å²) in [7, 11) is 3.65. The van der Waals surface area contributed by atoms with Crippen molar-refractivity contribution in [3.63, 3.8) is 0 Å². The van der Waals surface area contributed by atoms with Crippen LogP contribution in [0.5, 0.6) is 0 Å². The molecule has 4 nitrogen and oxygen atoms in total. The SMILES string of the molecule is CNC(=O)C(C)CN(C)Cc1ccc(C#N)cc1C. The fourth-order valence-corrected chi connectivity index (χ4v) is 2.09. The van der Waals surface area contributed by atoms with Gasteiger partial charge in [0.15, 0.2) is 0 Å². The predicted molar refractivity (Wildman–Crippen MR) is 75.5 cm³/mol. The van der Waals surface area contributed by atoms with E-state index in [0.29, 0.717) is 12.1 Å². The van der Waals surface area contributed by atoms with E-state index in [9.17, 15) is 4.79 Å². The van der Waals surface area contributed by atoms with E-state index in [1.54, 1.807) is 7.05 Å². The van der Waals surface area contributed by atoms with E-state index in [2.05, 4.69) is 16.3 Å². The number of hydrogen-bond donors (Lipinski definition) is 1. The molecule has 1 rings (SSSR count). The molecule has 1 aromatic rings. The van der Waals surface area contributed by atoms with Crippen LogP contribution in [-0.4, -0.2) is 31.4 Å². The van der Waals surface area contributed by atoms with Crippen LogP contribution in [0.4, 0.5) is 0 Å². The molecule has 1 amide bonds. The number of hydrogen-bond acceptors (Lipinski definition) is 3. The molecule has 0 aliphatic heterocycles. The monoisotopic (exact) mass is 259 g/mol. The molecule has 0 saturated carbocycles. The quantitative estimate of drug-likeness (QED) is 0.875. The van der Waals surface area contributed by atoms with Gasteiger partial charge in [-0.25, -0.2) is 0 Å². The number of rotatable bonds is 5. The Morgan fingerprint density at radius 1 is 1.53 bits per heavy atom. The molecule has 0 radical (unpaired) electrons. The van der Waals surface area contributed by atoms with Gasteiger partial charge in [-0.05, 0) is 37.2 Å². The van der Waals surface area contributed by atoms with Gasteiger partial charge < -0.3 is 10.2 Å². The number of benzene rings is 1. The average molecular weight is 259 g/mol. The highest BCUT2D eigenvalue weighted by Gasteiger charge is 2.14. The van der Waals surface area contributed by atoms with Crippen LogP contribution in [0.1, 0.15) is 23.6 Å². The van der Waals surface area contributed by atoms with Crippen molar-refractivity contribution in [3.8, 4) is 6.07 Å². The zero-order chi connectivity index (χ0) is 14.4. The number of amides is 1. The highest BCUT2D eigenvalue weighted by molar-refractivity contribution is 5.78. The van der Waals surface area contributed by atoms with Crippen molar-refractivity contribution in [2.24, 2.45) is 5.92 Å². The van der Waals surface area contributed by atoms with Gasteiger partial charge in [-0.3, -0.25) is 4.79 Å². The van der Waals surface area contributed by atoms with Gasteiger partial charge in [0.1, 0.15) is 0 Å². The molecular weight excluding hydrogens is 238 g/mol. The Morgan fingerprint density at radius 3 is 2.74 bits per heavy atom. The Morgan fingerprint density at radius 2 is 2.21 bits per heavy atom. The van der Waals surface area contributed by atoms with Crippen LogP contribution in [0, 0.1) is 24.2 Å². The minimum absolute atomic E-state index is 0.0336. The summed E-state index contributed by atoms with van der Waals surface area (Å²) in [5.41, 5.74) is 2.98. The zero-order valence-electron chi connectivity index (χ0n) is 12.0. The van der Waals surface area contributed by atoms with Gasteiger partial charge in [-0.1, -0.05) is 13.0 Å². The molecule has 0 spiro atoms. The van der Waals surface area contributed by atoms with Gasteiger partial charge in [-0.15, -0.1) is 0 Å². The summed E-state index contributed by atoms with van der Waals surface area (Å²) in [6.07, 6.45) is 0. The maximum Gasteiger partial charge on any atom is 0.223 e. The first-order valence-electron chi connectivity index (χ1n) is 6.37. The van der Waals surface area contributed by atoms with Crippen LogP contribution in [0.15, 0.2) is 18.2 Å². The third-order valence-corrected chi connectivity index (χ3v) is 3.19. The van der Waals surface area contributed by atoms with Crippen LogP contribution in [0.2, 0.25) is 0 Å². The van der Waals surface area contributed by atoms with Crippen LogP contribution < -0.4 is 5.32 Å². The lowest BCUT2D eigenvalue weighted by molar-refractivity contribution is -0.124. The number of nitrogens with one attached hydrogen (secondary N) is 1. The van der Waals surface area contributed by atoms with Crippen LogP contribution in [0.3, 0.4) is 0 Å². The number of aryl methyl sites for hydroxylation is 1. The summed E-state index contributed by atoms with van der Waals surface area (Å²) in [4.78, 5) is 13.6. The first kappa shape index (κ1) is 15.2. The molecule has 0 saturated heterocycles. The first-order valence-corrected chi connectivity index (χ1v) is 6.37. The van der Waals surface area contributed by atoms with E-state index in [4.69, 9.17) is 5.26 Å². The molecule has 1 N–H and O–H groups in total. The third kappa shape index (κ3) is 4.38. The first-order chi connectivity index (χ1) is 8.97. The standard InChI is InChI=1S/C15H21N3O/c1-11-7-13(8-16)5-6-14(11)10-18(4)9-12(2)15(19)17-3/h5-7,12H,9-10H2,1-4H3,(H,17,19). The lowest BCUT2D eigenvalue weighted by Gasteiger charge is -2.21. The Hall–Kier alpha value is -1.86. The van der Waals surface area contributed by atoms with Crippen molar-refractivity contribution in [3.05, 3.63) is 34.9 Å². The summed E-state index contributed by atoms with van der Waals surface area (Å²) in [6, 6.07) is 7.84. The second-order valence-corrected chi connectivity index (χ2v) is 4.97. The van der Waals surface area contributed by atoms with Crippen LogP contribution in [-0.2, 0) is 11.3 Å². The van der Waals surface area contributed by atoms with E-state index in [0.717, 1.165) is 12.1 Å². The highest BCUT2D eigenvalue weighted by atomic mass is 16.1. The van der Waals surface area contributed by atoms with Gasteiger partial charge in [0.2, 0.25) is 5.91 Å². The molecule has 1 aromatic carbocycles. The zero-order valence-corrected chi connectivity index (χ0v) is 12.0. The molecule has 4 heteroatoms. The van der Waals surface area contributed by atoms with Crippen molar-refractivity contribution in [1.29, 1.82) is 5.26 Å². The maximum absolute atomic E-state index is 11.5. The normalized spacial score (nSPS) is 12.0. The lowest BCUT2D eigenvalue weighted by Crippen LogP contribution is -2.34. The summed E-state index contributed by atoms with van der Waals surface area (Å²) >= 11 is 0. The summed E-state index contributed by atoms with van der Waals surface area (Å²) in [6.45, 7) is 5.41. The van der Waals surface area contributed by atoms with E-state index in [-0.39, 0.29) is 11.8 Å². The van der Waals surface area contributed by atoms with Gasteiger partial charge >= 0.3 is 0 Å². The molecule has 1 unspecified atom stereocenters. The van der Waals surface area contributed by atoms with Gasteiger partial charge in [0.05, 0.1) is 11.6 Å². The maximum atomic E-state index is 11.5. The number of nitriles is 1. The average Bonchev–Trinajstić information content (AvgIpc) is 2.39. The molecule has 1 atom stereocenters. The van der Waals surface area contributed by atoms with E-state index in [1.165, 1.54) is 5.56 Å². The van der Waals surface area contributed by atoms with Crippen molar-refractivity contribution in [2.45, 2.75) is 20.4 Å². The molecule has 0 aliphatic carbocycles. The second kappa shape index (κ2) is 6.91. The topological polar surface area (TPSA) is 56.1 Å². The van der Waals surface area contributed by atoms with Crippen LogP contribution >= 0.6 is 0 Å². The van der Waals surface area contributed by atoms with Crippen molar-refractivity contribution < 1.29 is 4.79 Å². The summed E-state index contributed by atoms with van der Waals surface area (Å²) in [5.74, 6) is 0.0251. The van der Waals surface area contributed by atoms with Crippen molar-refractivity contribution >= 4 is 5.91 Å². The minimum atomic E-state index is -0.0336. The number of carbonyl (C=O) groups excluding carboxylic acids is 1. The highest BCUT2D eigenvalue weighted by Crippen LogP contribution is 2.13. The van der Waals surface area contributed by atoms with E-state index >= 15 is 0 Å². The van der Waals surface area contributed by atoms with Gasteiger partial charge in [-0.2, -0.15) is 5.26 Å². The Labute approximate surface area is 115 Å². The van der Waals surface area contributed by atoms with Crippen molar-refractivity contribution in [1.82, 2.24) is 10.2 Å². The second-order valence-electron chi connectivity index (χ2n) is 4.97. The molecular formula is C15H21N3O. The molecule has 19 heavy (non-hydrogen) atoms. The summed E-state index contributed by atoms with van der Waals surface area (Å²) in [5, 5.41) is 11.5. The Kier molecular flexibility index (Phi) is 5.53. The van der Waals surface area contributed by atoms with E-state index < -0.39 is 0 Å². The Bertz CT molecular complexity index is 491. The number of carbonyl (C=O) groups is 1. The predicted octanol–water partition coefficient (Wildman–Crippen LogP) is 1.68. The van der Waals surface area contributed by atoms with E-state index in [1.807, 2.05) is 39.1 Å². The molecule has 0 bridgehead atoms.